The summed E-state index contributed by atoms with van der Waals surface area (Å²) < 4.78 is 4.46. The molecule has 0 aromatic heterocycles. The molecule has 0 spiro atoms. The van der Waals surface area contributed by atoms with E-state index in [1.807, 2.05) is 6.92 Å². The summed E-state index contributed by atoms with van der Waals surface area (Å²) in [6.07, 6.45) is 3.19. The highest BCUT2D eigenvalue weighted by atomic mass is 16.5. The van der Waals surface area contributed by atoms with E-state index in [4.69, 9.17) is 0 Å². The third-order valence-electron chi connectivity index (χ3n) is 2.65. The lowest BCUT2D eigenvalue weighted by atomic mass is 10.1. The van der Waals surface area contributed by atoms with Crippen molar-refractivity contribution in [3.63, 3.8) is 0 Å². The number of amides is 2. The van der Waals surface area contributed by atoms with Crippen LogP contribution in [0.4, 0.5) is 4.79 Å². The molecule has 0 atom stereocenters. The zero-order valence-corrected chi connectivity index (χ0v) is 9.54. The maximum Gasteiger partial charge on any atom is 0.411 e. The van der Waals surface area contributed by atoms with Crippen LogP contribution in [0.15, 0.2) is 12.8 Å². The van der Waals surface area contributed by atoms with E-state index in [1.54, 1.807) is 0 Å². The molecule has 0 radical (unpaired) electrons. The van der Waals surface area contributed by atoms with Crippen molar-refractivity contribution in [2.75, 3.05) is 13.1 Å². The van der Waals surface area contributed by atoms with Crippen LogP contribution >= 0.6 is 0 Å². The van der Waals surface area contributed by atoms with Crippen LogP contribution in [-0.2, 0) is 9.53 Å². The van der Waals surface area contributed by atoms with Crippen molar-refractivity contribution in [3.05, 3.63) is 12.8 Å². The lowest BCUT2D eigenvalue weighted by Gasteiger charge is -2.09. The molecule has 5 nitrogen and oxygen atoms in total. The maximum absolute atomic E-state index is 11.5. The van der Waals surface area contributed by atoms with Crippen molar-refractivity contribution in [1.82, 2.24) is 10.6 Å². The van der Waals surface area contributed by atoms with Crippen molar-refractivity contribution >= 4 is 12.0 Å². The minimum Gasteiger partial charge on any atom is -0.419 e. The minimum atomic E-state index is -0.518. The smallest absolute Gasteiger partial charge is 0.411 e. The molecule has 0 unspecified atom stereocenters. The van der Waals surface area contributed by atoms with Crippen molar-refractivity contribution < 1.29 is 14.3 Å². The van der Waals surface area contributed by atoms with Gasteiger partial charge in [0.05, 0.1) is 6.26 Å². The zero-order chi connectivity index (χ0) is 12.0. The Bertz CT molecular complexity index is 286. The third kappa shape index (κ3) is 6.27. The Labute approximate surface area is 110 Å². The highest BCUT2D eigenvalue weighted by Gasteiger charge is 2.44. The topological polar surface area (TPSA) is 67.4 Å². The molecule has 0 aliphatic heterocycles. The molecule has 1 fully saturated rings. The number of ether oxygens (including phenoxy) is 1. The molecule has 2 N–H and O–H groups in total. The van der Waals surface area contributed by atoms with E-state index in [0.717, 1.165) is 19.1 Å². The van der Waals surface area contributed by atoms with Gasteiger partial charge in [-0.1, -0.05) is 28.4 Å². The first-order chi connectivity index (χ1) is 7.58. The van der Waals surface area contributed by atoms with Gasteiger partial charge in [-0.3, -0.25) is 4.79 Å². The first-order valence-corrected chi connectivity index (χ1v) is 5.42. The van der Waals surface area contributed by atoms with Gasteiger partial charge in [-0.25, -0.2) is 4.79 Å². The van der Waals surface area contributed by atoms with Crippen LogP contribution in [-0.4, -0.2) is 25.1 Å². The third-order valence-corrected chi connectivity index (χ3v) is 2.65. The molecule has 5 heteroatoms. The van der Waals surface area contributed by atoms with Gasteiger partial charge in [-0.15, -0.1) is 0 Å². The molecule has 18 heavy (non-hydrogen) atoms. The Morgan fingerprint density at radius 1 is 1.28 bits per heavy atom. The van der Waals surface area contributed by atoms with Gasteiger partial charge in [-0.05, 0) is 19.3 Å². The van der Waals surface area contributed by atoms with Gasteiger partial charge in [0.1, 0.15) is 0 Å². The SMILES string of the molecule is C.C.C=COC(=O)NCCCNC(=O)C1(C)CC1. The highest BCUT2D eigenvalue weighted by molar-refractivity contribution is 5.84. The Morgan fingerprint density at radius 2 is 1.83 bits per heavy atom. The van der Waals surface area contributed by atoms with Crippen LogP contribution in [0.3, 0.4) is 0 Å². The van der Waals surface area contributed by atoms with Gasteiger partial charge >= 0.3 is 6.09 Å². The summed E-state index contributed by atoms with van der Waals surface area (Å²) in [6.45, 7) is 6.27. The van der Waals surface area contributed by atoms with Gasteiger partial charge in [0.25, 0.3) is 0 Å². The monoisotopic (exact) mass is 258 g/mol. The fourth-order valence-electron chi connectivity index (χ4n) is 1.23. The van der Waals surface area contributed by atoms with Crippen LogP contribution in [0.1, 0.15) is 41.0 Å². The fourth-order valence-corrected chi connectivity index (χ4v) is 1.23. The van der Waals surface area contributed by atoms with Gasteiger partial charge < -0.3 is 15.4 Å². The lowest BCUT2D eigenvalue weighted by Crippen LogP contribution is -2.33. The van der Waals surface area contributed by atoms with Crippen molar-refractivity contribution in [2.24, 2.45) is 5.41 Å². The van der Waals surface area contributed by atoms with Crippen LogP contribution in [0.5, 0.6) is 0 Å². The molecule has 106 valence electrons. The van der Waals surface area contributed by atoms with Gasteiger partial charge in [0, 0.05) is 18.5 Å². The van der Waals surface area contributed by atoms with E-state index >= 15 is 0 Å². The molecule has 1 aliphatic carbocycles. The molecule has 1 aliphatic rings. The van der Waals surface area contributed by atoms with Crippen LogP contribution in [0.2, 0.25) is 0 Å². The van der Waals surface area contributed by atoms with E-state index in [9.17, 15) is 9.59 Å². The summed E-state index contributed by atoms with van der Waals surface area (Å²) >= 11 is 0. The summed E-state index contributed by atoms with van der Waals surface area (Å²) in [7, 11) is 0. The maximum atomic E-state index is 11.5. The minimum absolute atomic E-state index is 0. The number of hydrogen-bond donors (Lipinski definition) is 2. The Kier molecular flexibility index (Phi) is 8.95. The predicted octanol–water partition coefficient (Wildman–Crippen LogP) is 2.43. The van der Waals surface area contributed by atoms with Gasteiger partial charge in [-0.2, -0.15) is 0 Å². The standard InChI is InChI=1S/C11H18N2O3.2CH4/c1-3-16-10(15)13-8-4-7-12-9(14)11(2)5-6-11;;/h3H,1,4-8H2,2H3,(H,12,14)(H,13,15);2*1H4. The first-order valence-electron chi connectivity index (χ1n) is 5.42. The molecule has 1 saturated carbocycles. The summed E-state index contributed by atoms with van der Waals surface area (Å²) in [5.41, 5.74) is -0.130. The summed E-state index contributed by atoms with van der Waals surface area (Å²) in [5, 5.41) is 5.37. The zero-order valence-electron chi connectivity index (χ0n) is 9.54. The number of carbonyl (C=O) groups excluding carboxylic acids is 2. The molecule has 1 rings (SSSR count). The molecule has 0 aromatic rings. The normalized spacial score (nSPS) is 14.3. The average molecular weight is 258 g/mol. The summed E-state index contributed by atoms with van der Waals surface area (Å²) in [6, 6.07) is 0. The Hall–Kier alpha value is -1.52. The van der Waals surface area contributed by atoms with Crippen molar-refractivity contribution in [3.8, 4) is 0 Å². The van der Waals surface area contributed by atoms with E-state index in [0.29, 0.717) is 19.5 Å². The second kappa shape index (κ2) is 8.55. The number of carbonyl (C=O) groups is 2. The number of hydrogen-bond acceptors (Lipinski definition) is 3. The second-order valence-corrected chi connectivity index (χ2v) is 4.17. The molecule has 0 heterocycles. The van der Waals surface area contributed by atoms with E-state index < -0.39 is 6.09 Å². The quantitative estimate of drug-likeness (QED) is 0.568. The largest absolute Gasteiger partial charge is 0.419 e. The first kappa shape index (κ1) is 18.8. The van der Waals surface area contributed by atoms with Crippen LogP contribution in [0, 0.1) is 5.41 Å². The molecule has 0 bridgehead atoms. The molecule has 2 amide bonds. The van der Waals surface area contributed by atoms with Crippen molar-refractivity contribution in [1.29, 1.82) is 0 Å². The van der Waals surface area contributed by atoms with Gasteiger partial charge in [0.2, 0.25) is 5.91 Å². The Balaban J connectivity index is 0. The van der Waals surface area contributed by atoms with Crippen LogP contribution in [0.25, 0.3) is 0 Å². The Morgan fingerprint density at radius 3 is 2.33 bits per heavy atom. The highest BCUT2D eigenvalue weighted by Crippen LogP contribution is 2.44. The number of nitrogens with one attached hydrogen (secondary N) is 2. The second-order valence-electron chi connectivity index (χ2n) is 4.17. The molecule has 0 aromatic carbocycles. The summed E-state index contributed by atoms with van der Waals surface area (Å²) in [4.78, 5) is 22.3. The molecule has 0 saturated heterocycles. The number of rotatable bonds is 6. The fraction of sp³-hybridized carbons (Fsp3) is 0.692. The van der Waals surface area contributed by atoms with Gasteiger partial charge in [0.15, 0.2) is 0 Å². The molecular weight excluding hydrogens is 232 g/mol. The average Bonchev–Trinajstić information content (AvgIpc) is 2.97. The number of alkyl carbamates (subject to hydrolysis) is 1. The summed E-state index contributed by atoms with van der Waals surface area (Å²) in [5.74, 6) is 0.112. The van der Waals surface area contributed by atoms with E-state index in [1.165, 1.54) is 0 Å². The lowest BCUT2D eigenvalue weighted by molar-refractivity contribution is -0.125. The van der Waals surface area contributed by atoms with E-state index in [-0.39, 0.29) is 26.2 Å². The van der Waals surface area contributed by atoms with E-state index in [2.05, 4.69) is 21.9 Å². The molecular formula is C13H26N2O3. The predicted molar refractivity (Wildman–Crippen MR) is 73.1 cm³/mol. The van der Waals surface area contributed by atoms with Crippen molar-refractivity contribution in [2.45, 2.75) is 41.0 Å². The van der Waals surface area contributed by atoms with Crippen LogP contribution < -0.4 is 10.6 Å².